The van der Waals surface area contributed by atoms with E-state index in [0.717, 1.165) is 0 Å². The number of halogens is 1. The first-order chi connectivity index (χ1) is 13.9. The van der Waals surface area contributed by atoms with Crippen molar-refractivity contribution in [1.82, 2.24) is 0 Å². The Morgan fingerprint density at radius 2 is 1.67 bits per heavy atom. The molecule has 2 aromatic carbocycles. The van der Waals surface area contributed by atoms with E-state index < -0.39 is 10.0 Å². The third-order valence-corrected chi connectivity index (χ3v) is 5.37. The Morgan fingerprint density at radius 3 is 2.30 bits per heavy atom. The Bertz CT molecular complexity index is 1110. The van der Waals surface area contributed by atoms with Crippen molar-refractivity contribution in [3.8, 4) is 11.5 Å². The number of hydrogen-bond acceptors (Lipinski definition) is 5. The summed E-state index contributed by atoms with van der Waals surface area (Å²) in [6.45, 7) is 0.0626. The van der Waals surface area contributed by atoms with Crippen molar-refractivity contribution in [2.45, 2.75) is 11.4 Å². The highest BCUT2D eigenvalue weighted by Gasteiger charge is 2.19. The predicted molar refractivity (Wildman–Crippen MR) is 107 cm³/mol. The molecule has 3 N–H and O–H groups in total. The summed E-state index contributed by atoms with van der Waals surface area (Å²) in [6, 6.07) is 15.7. The van der Waals surface area contributed by atoms with E-state index in [2.05, 4.69) is 10.0 Å². The van der Waals surface area contributed by atoms with E-state index in [1.165, 1.54) is 31.4 Å². The zero-order valence-electron chi connectivity index (χ0n) is 15.9. The molecule has 0 spiro atoms. The number of anilines is 2. The Kier molecular flexibility index (Phi) is 7.62. The summed E-state index contributed by atoms with van der Waals surface area (Å²) in [5.41, 5.74) is 0.148. The van der Waals surface area contributed by atoms with Gasteiger partial charge in [0.2, 0.25) is 6.54 Å². The molecule has 1 heterocycles. The second kappa shape index (κ2) is 9.95. The van der Waals surface area contributed by atoms with Gasteiger partial charge >= 0.3 is 0 Å². The molecular weight excluding hydrogens is 430 g/mol. The third kappa shape index (κ3) is 5.62. The standard InChI is InChI=1S/C20H19N3O5S.ClH/c1-28-19-13-16(22-29(26,27)15-8-4-2-5-9-15)18(24)12-17(19)21-20(25)14-23-10-6-3-7-11-23;/h2-13,22H,14H2,1H3,(H-,21,24,25);1H. The zero-order chi connectivity index (χ0) is 20.9. The second-order valence-electron chi connectivity index (χ2n) is 6.08. The van der Waals surface area contributed by atoms with Crippen LogP contribution < -0.4 is 31.7 Å². The summed E-state index contributed by atoms with van der Waals surface area (Å²) in [5.74, 6) is -0.496. The number of phenols is 1. The van der Waals surface area contributed by atoms with Crippen molar-refractivity contribution >= 4 is 27.3 Å². The quantitative estimate of drug-likeness (QED) is 0.321. The van der Waals surface area contributed by atoms with E-state index in [1.807, 2.05) is 6.07 Å². The van der Waals surface area contributed by atoms with Gasteiger partial charge in [-0.05, 0) is 12.1 Å². The van der Waals surface area contributed by atoms with Gasteiger partial charge < -0.3 is 27.6 Å². The van der Waals surface area contributed by atoms with E-state index in [4.69, 9.17) is 4.74 Å². The number of pyridine rings is 1. The highest BCUT2D eigenvalue weighted by atomic mass is 35.5. The van der Waals surface area contributed by atoms with Gasteiger partial charge in [0.1, 0.15) is 11.5 Å². The van der Waals surface area contributed by atoms with Gasteiger partial charge in [-0.3, -0.25) is 9.52 Å². The number of phenolic OH excluding ortho intramolecular Hbond substituents is 1. The summed E-state index contributed by atoms with van der Waals surface area (Å²) >= 11 is 0. The van der Waals surface area contributed by atoms with E-state index in [1.54, 1.807) is 47.3 Å². The number of aromatic hydroxyl groups is 1. The van der Waals surface area contributed by atoms with Crippen molar-refractivity contribution in [3.05, 3.63) is 73.1 Å². The maximum absolute atomic E-state index is 12.5. The number of nitrogens with zero attached hydrogens (tertiary/aromatic N) is 1. The smallest absolute Gasteiger partial charge is 0.290 e. The lowest BCUT2D eigenvalue weighted by Gasteiger charge is -2.14. The summed E-state index contributed by atoms with van der Waals surface area (Å²) in [5, 5.41) is 12.9. The summed E-state index contributed by atoms with van der Waals surface area (Å²) in [4.78, 5) is 12.3. The number of nitrogens with one attached hydrogen (secondary N) is 2. The molecular formula is C20H20ClN3O5S. The minimum Gasteiger partial charge on any atom is -1.00 e. The van der Waals surface area contributed by atoms with Gasteiger partial charge in [0.15, 0.2) is 12.4 Å². The van der Waals surface area contributed by atoms with Gasteiger partial charge in [0.25, 0.3) is 15.9 Å². The average molecular weight is 450 g/mol. The van der Waals surface area contributed by atoms with Crippen molar-refractivity contribution in [2.75, 3.05) is 17.1 Å². The lowest BCUT2D eigenvalue weighted by Crippen LogP contribution is -3.00. The van der Waals surface area contributed by atoms with E-state index in [-0.39, 0.29) is 52.6 Å². The highest BCUT2D eigenvalue weighted by Crippen LogP contribution is 2.36. The maximum atomic E-state index is 12.5. The van der Waals surface area contributed by atoms with Crippen LogP contribution in [0.2, 0.25) is 0 Å². The fourth-order valence-electron chi connectivity index (χ4n) is 2.62. The first kappa shape index (κ1) is 23.0. The van der Waals surface area contributed by atoms with Gasteiger partial charge in [-0.1, -0.05) is 24.3 Å². The lowest BCUT2D eigenvalue weighted by molar-refractivity contribution is -0.684. The first-order valence-electron chi connectivity index (χ1n) is 8.62. The topological polar surface area (TPSA) is 109 Å². The van der Waals surface area contributed by atoms with Crippen LogP contribution in [0.25, 0.3) is 0 Å². The van der Waals surface area contributed by atoms with Crippen LogP contribution >= 0.6 is 0 Å². The molecule has 0 fully saturated rings. The Labute approximate surface area is 180 Å². The number of rotatable bonds is 7. The number of benzene rings is 2. The highest BCUT2D eigenvalue weighted by molar-refractivity contribution is 7.92. The second-order valence-corrected chi connectivity index (χ2v) is 7.77. The van der Waals surface area contributed by atoms with E-state index >= 15 is 0 Å². The van der Waals surface area contributed by atoms with Gasteiger partial charge in [-0.25, -0.2) is 8.42 Å². The van der Waals surface area contributed by atoms with Crippen LogP contribution in [0.15, 0.2) is 78.0 Å². The number of amides is 1. The van der Waals surface area contributed by atoms with Crippen LogP contribution in [-0.4, -0.2) is 26.5 Å². The Balaban J connectivity index is 0.00000320. The predicted octanol–water partition coefficient (Wildman–Crippen LogP) is -0.868. The van der Waals surface area contributed by atoms with Gasteiger partial charge in [-0.15, -0.1) is 0 Å². The average Bonchev–Trinajstić information content (AvgIpc) is 2.71. The molecule has 10 heteroatoms. The molecule has 0 aliphatic carbocycles. The zero-order valence-corrected chi connectivity index (χ0v) is 17.5. The normalized spacial score (nSPS) is 10.6. The molecule has 158 valence electrons. The van der Waals surface area contributed by atoms with Crippen molar-refractivity contribution in [2.24, 2.45) is 0 Å². The number of methoxy groups -OCH3 is 1. The molecule has 8 nitrogen and oxygen atoms in total. The van der Waals surface area contributed by atoms with E-state index in [0.29, 0.717) is 0 Å². The van der Waals surface area contributed by atoms with Crippen LogP contribution in [0.5, 0.6) is 11.5 Å². The molecule has 0 bridgehead atoms. The molecule has 3 aromatic rings. The molecule has 1 aromatic heterocycles. The maximum Gasteiger partial charge on any atom is 0.290 e. The molecule has 0 aliphatic rings. The van der Waals surface area contributed by atoms with Gasteiger partial charge in [-0.2, -0.15) is 4.57 Å². The van der Waals surface area contributed by atoms with Crippen molar-refractivity contribution in [3.63, 3.8) is 0 Å². The minimum atomic E-state index is -3.89. The summed E-state index contributed by atoms with van der Waals surface area (Å²) in [6.07, 6.45) is 3.49. The number of aromatic nitrogens is 1. The molecule has 0 aliphatic heterocycles. The first-order valence-corrected chi connectivity index (χ1v) is 10.1. The monoisotopic (exact) mass is 449 g/mol. The van der Waals surface area contributed by atoms with Crippen LogP contribution in [0.1, 0.15) is 0 Å². The molecule has 0 saturated heterocycles. The van der Waals surface area contributed by atoms with Crippen LogP contribution in [0, 0.1) is 0 Å². The molecule has 3 rings (SSSR count). The van der Waals surface area contributed by atoms with Crippen molar-refractivity contribution in [1.29, 1.82) is 0 Å². The molecule has 0 unspecified atom stereocenters. The Morgan fingerprint density at radius 1 is 1.03 bits per heavy atom. The van der Waals surface area contributed by atoms with Gasteiger partial charge in [0, 0.05) is 24.3 Å². The number of sulfonamides is 1. The third-order valence-electron chi connectivity index (χ3n) is 3.99. The minimum absolute atomic E-state index is 0. The molecule has 0 radical (unpaired) electrons. The Hall–Kier alpha value is -3.30. The number of hydrogen-bond donors (Lipinski definition) is 3. The van der Waals surface area contributed by atoms with Crippen molar-refractivity contribution < 1.29 is 40.0 Å². The summed E-state index contributed by atoms with van der Waals surface area (Å²) in [7, 11) is -2.52. The molecule has 0 atom stereocenters. The lowest BCUT2D eigenvalue weighted by atomic mass is 10.2. The number of ether oxygens (including phenoxy) is 1. The molecule has 30 heavy (non-hydrogen) atoms. The summed E-state index contributed by atoms with van der Waals surface area (Å²) < 4.78 is 34.2. The SMILES string of the molecule is COc1cc(NS(=O)(=O)c2ccccc2)c(O)cc1NC(=O)C[n+]1ccccc1.[Cl-]. The van der Waals surface area contributed by atoms with Crippen LogP contribution in [-0.2, 0) is 21.4 Å². The van der Waals surface area contributed by atoms with Crippen LogP contribution in [0.3, 0.4) is 0 Å². The molecule has 0 saturated carbocycles. The van der Waals surface area contributed by atoms with Gasteiger partial charge in [0.05, 0.1) is 23.4 Å². The number of carbonyl (C=O) groups is 1. The largest absolute Gasteiger partial charge is 1.00 e. The fraction of sp³-hybridized carbons (Fsp3) is 0.100. The fourth-order valence-corrected chi connectivity index (χ4v) is 3.70. The van der Waals surface area contributed by atoms with E-state index in [9.17, 15) is 18.3 Å². The van der Waals surface area contributed by atoms with Crippen LogP contribution in [0.4, 0.5) is 11.4 Å². The number of carbonyl (C=O) groups excluding carboxylic acids is 1. The molecule has 1 amide bonds.